The molecule has 3 heteroatoms. The maximum Gasteiger partial charge on any atom is 0.206 e. The van der Waals surface area contributed by atoms with Crippen LogP contribution in [0.5, 0.6) is 0 Å². The minimum atomic E-state index is -0.599. The van der Waals surface area contributed by atoms with Gasteiger partial charge in [0.25, 0.3) is 0 Å². The van der Waals surface area contributed by atoms with Crippen molar-refractivity contribution in [2.24, 2.45) is 0 Å². The molecule has 12 heavy (non-hydrogen) atoms. The van der Waals surface area contributed by atoms with Crippen LogP contribution in [0.3, 0.4) is 0 Å². The van der Waals surface area contributed by atoms with E-state index in [0.717, 1.165) is 0 Å². The molecule has 0 fully saturated rings. The maximum absolute atomic E-state index is 12.8. The number of halogens is 1. The van der Waals surface area contributed by atoms with Gasteiger partial charge in [0.15, 0.2) is 5.78 Å². The average molecular weight is 165 g/mol. The van der Waals surface area contributed by atoms with E-state index < -0.39 is 11.6 Å². The second-order valence-electron chi connectivity index (χ2n) is 2.22. The number of carbonyl (C=O) groups excluding carboxylic acids is 2. The first kappa shape index (κ1) is 8.59. The maximum atomic E-state index is 12.8. The summed E-state index contributed by atoms with van der Waals surface area (Å²) in [5.41, 5.74) is -0.0548. The van der Waals surface area contributed by atoms with Crippen LogP contribution in [0.1, 0.15) is 16.8 Å². The predicted molar refractivity (Wildman–Crippen MR) is 41.0 cm³/mol. The van der Waals surface area contributed by atoms with Crippen molar-refractivity contribution in [3.63, 3.8) is 0 Å². The Kier molecular flexibility index (Phi) is 2.69. The Hall–Kier alpha value is -1.51. The average Bonchev–Trinajstić information content (AvgIpc) is 2.05. The molecular weight excluding hydrogens is 159 g/mol. The monoisotopic (exact) mass is 165 g/mol. The van der Waals surface area contributed by atoms with Crippen molar-refractivity contribution >= 4 is 12.1 Å². The van der Waals surface area contributed by atoms with Crippen molar-refractivity contribution in [2.75, 3.05) is 0 Å². The second kappa shape index (κ2) is 3.76. The highest BCUT2D eigenvalue weighted by Gasteiger charge is 2.09. The summed E-state index contributed by atoms with van der Waals surface area (Å²) in [5, 5.41) is 0. The van der Waals surface area contributed by atoms with Crippen LogP contribution < -0.4 is 0 Å². The number of rotatable bonds is 3. The first-order valence-corrected chi connectivity index (χ1v) is 3.38. The molecule has 0 unspecified atom stereocenters. The van der Waals surface area contributed by atoms with Gasteiger partial charge in [-0.1, -0.05) is 12.1 Å². The first-order valence-electron chi connectivity index (χ1n) is 3.38. The van der Waals surface area contributed by atoms with Gasteiger partial charge in [0, 0.05) is 0 Å². The van der Waals surface area contributed by atoms with Gasteiger partial charge >= 0.3 is 0 Å². The summed E-state index contributed by atoms with van der Waals surface area (Å²) in [5.74, 6) is -1.14. The number of Topliss-reactive ketones (excluding diaryl/α,β-unsaturated/α-hetero) is 1. The van der Waals surface area contributed by atoms with Crippen LogP contribution in [0, 0.1) is 5.82 Å². The minimum Gasteiger partial charge on any atom is -0.294 e. The molecule has 1 aromatic rings. The van der Waals surface area contributed by atoms with Gasteiger partial charge in [0.1, 0.15) is 5.82 Å². The van der Waals surface area contributed by atoms with Gasteiger partial charge in [0.2, 0.25) is 6.29 Å². The number of hydrogen-bond donors (Lipinski definition) is 0. The molecule has 0 spiro atoms. The van der Waals surface area contributed by atoms with Gasteiger partial charge in [0.05, 0.1) is 12.0 Å². The van der Waals surface area contributed by atoms with E-state index in [-0.39, 0.29) is 12.0 Å². The van der Waals surface area contributed by atoms with Crippen LogP contribution in [-0.4, -0.2) is 12.1 Å². The van der Waals surface area contributed by atoms with E-state index in [1.165, 1.54) is 24.5 Å². The second-order valence-corrected chi connectivity index (χ2v) is 2.22. The van der Waals surface area contributed by atoms with Gasteiger partial charge in [-0.2, -0.15) is 0 Å². The Balaban J connectivity index is 2.94. The van der Waals surface area contributed by atoms with E-state index in [9.17, 15) is 14.0 Å². The Morgan fingerprint density at radius 2 is 2.08 bits per heavy atom. The predicted octanol–water partition coefficient (Wildman–Crippen LogP) is 1.51. The molecule has 1 aromatic carbocycles. The first-order chi connectivity index (χ1) is 5.75. The molecule has 1 radical (unpaired) electrons. The highest BCUT2D eigenvalue weighted by atomic mass is 19.1. The van der Waals surface area contributed by atoms with Crippen LogP contribution in [0.2, 0.25) is 0 Å². The molecule has 0 aliphatic carbocycles. The van der Waals surface area contributed by atoms with Gasteiger partial charge in [-0.15, -0.1) is 0 Å². The van der Waals surface area contributed by atoms with Crippen molar-refractivity contribution in [1.82, 2.24) is 0 Å². The van der Waals surface area contributed by atoms with Crippen molar-refractivity contribution in [3.05, 3.63) is 35.6 Å². The topological polar surface area (TPSA) is 34.1 Å². The van der Waals surface area contributed by atoms with Crippen LogP contribution in [0.25, 0.3) is 0 Å². The number of hydrogen-bond acceptors (Lipinski definition) is 2. The lowest BCUT2D eigenvalue weighted by Gasteiger charge is -1.96. The molecule has 0 amide bonds. The normalized spacial score (nSPS) is 9.42. The zero-order valence-electron chi connectivity index (χ0n) is 6.21. The molecule has 1 rings (SSSR count). The summed E-state index contributed by atoms with van der Waals surface area (Å²) in [6.45, 7) is 0. The third-order valence-corrected chi connectivity index (χ3v) is 1.41. The van der Waals surface area contributed by atoms with Crippen molar-refractivity contribution in [3.8, 4) is 0 Å². The molecule has 61 valence electrons. The molecule has 0 saturated heterocycles. The van der Waals surface area contributed by atoms with Crippen molar-refractivity contribution in [1.29, 1.82) is 0 Å². The number of carbonyl (C=O) groups is 1. The van der Waals surface area contributed by atoms with E-state index in [4.69, 9.17) is 0 Å². The summed E-state index contributed by atoms with van der Waals surface area (Å²) in [7, 11) is 0. The van der Waals surface area contributed by atoms with Gasteiger partial charge < -0.3 is 0 Å². The van der Waals surface area contributed by atoms with Crippen molar-refractivity contribution < 1.29 is 14.0 Å². The van der Waals surface area contributed by atoms with E-state index in [2.05, 4.69) is 0 Å². The van der Waals surface area contributed by atoms with Gasteiger partial charge in [-0.3, -0.25) is 9.59 Å². The summed E-state index contributed by atoms with van der Waals surface area (Å²) in [4.78, 5) is 20.8. The SMILES string of the molecule is O=[C]CC(=O)c1ccccc1F. The smallest absolute Gasteiger partial charge is 0.206 e. The molecule has 0 bridgehead atoms. The standard InChI is InChI=1S/C9H6FO2/c10-8-4-2-1-3-7(8)9(12)5-6-11/h1-4H,5H2. The lowest BCUT2D eigenvalue weighted by Crippen LogP contribution is -2.01. The Morgan fingerprint density at radius 1 is 1.42 bits per heavy atom. The quantitative estimate of drug-likeness (QED) is 0.502. The van der Waals surface area contributed by atoms with E-state index in [0.29, 0.717) is 0 Å². The molecule has 0 N–H and O–H groups in total. The molecule has 0 heterocycles. The molecular formula is C9H6FO2. The fourth-order valence-corrected chi connectivity index (χ4v) is 0.848. The third-order valence-electron chi connectivity index (χ3n) is 1.41. The fraction of sp³-hybridized carbons (Fsp3) is 0.111. The molecule has 2 nitrogen and oxygen atoms in total. The largest absolute Gasteiger partial charge is 0.294 e. The molecule has 0 aliphatic rings. The lowest BCUT2D eigenvalue weighted by molar-refractivity contribution is 0.0996. The van der Waals surface area contributed by atoms with Crippen LogP contribution in [0.15, 0.2) is 24.3 Å². The molecule has 0 aliphatic heterocycles. The zero-order chi connectivity index (χ0) is 8.97. The lowest BCUT2D eigenvalue weighted by atomic mass is 10.1. The summed E-state index contributed by atoms with van der Waals surface area (Å²) in [6, 6.07) is 5.55. The summed E-state index contributed by atoms with van der Waals surface area (Å²) < 4.78 is 12.8. The van der Waals surface area contributed by atoms with Crippen LogP contribution >= 0.6 is 0 Å². The van der Waals surface area contributed by atoms with Gasteiger partial charge in [-0.25, -0.2) is 4.39 Å². The summed E-state index contributed by atoms with van der Waals surface area (Å²) in [6.07, 6.45) is 1.04. The Bertz CT molecular complexity index is 307. The zero-order valence-corrected chi connectivity index (χ0v) is 6.21. The van der Waals surface area contributed by atoms with Crippen LogP contribution in [0.4, 0.5) is 4.39 Å². The van der Waals surface area contributed by atoms with Crippen LogP contribution in [-0.2, 0) is 4.79 Å². The highest BCUT2D eigenvalue weighted by molar-refractivity contribution is 6.02. The molecule has 0 aromatic heterocycles. The number of benzene rings is 1. The summed E-state index contributed by atoms with van der Waals surface area (Å²) >= 11 is 0. The Labute approximate surface area is 69.0 Å². The minimum absolute atomic E-state index is 0.0548. The van der Waals surface area contributed by atoms with Gasteiger partial charge in [-0.05, 0) is 12.1 Å². The Morgan fingerprint density at radius 3 is 2.67 bits per heavy atom. The van der Waals surface area contributed by atoms with E-state index >= 15 is 0 Å². The van der Waals surface area contributed by atoms with E-state index in [1.807, 2.05) is 0 Å². The highest BCUT2D eigenvalue weighted by Crippen LogP contribution is 2.07. The molecule has 0 atom stereocenters. The molecule has 0 saturated carbocycles. The van der Waals surface area contributed by atoms with Crippen molar-refractivity contribution in [2.45, 2.75) is 6.42 Å². The third kappa shape index (κ3) is 1.75. The van der Waals surface area contributed by atoms with E-state index in [1.54, 1.807) is 6.07 Å². The fourth-order valence-electron chi connectivity index (χ4n) is 0.848. The number of ketones is 1.